The van der Waals surface area contributed by atoms with Crippen LogP contribution < -0.4 is 0 Å². The monoisotopic (exact) mass is 357 g/mol. The number of tetrazole rings is 1. The van der Waals surface area contributed by atoms with E-state index in [1.807, 2.05) is 35.2 Å². The first-order valence-corrected chi connectivity index (χ1v) is 9.09. The highest BCUT2D eigenvalue weighted by atomic mass is 16.7. The number of likely N-dealkylation sites (tertiary alicyclic amines) is 1. The van der Waals surface area contributed by atoms with Crippen LogP contribution in [0.25, 0.3) is 0 Å². The van der Waals surface area contributed by atoms with Crippen LogP contribution in [0.4, 0.5) is 0 Å². The third kappa shape index (κ3) is 3.76. The number of rotatable bonds is 5. The minimum absolute atomic E-state index is 0.0452. The van der Waals surface area contributed by atoms with Crippen LogP contribution in [-0.2, 0) is 20.7 Å². The van der Waals surface area contributed by atoms with Gasteiger partial charge in [-0.2, -0.15) is 0 Å². The van der Waals surface area contributed by atoms with Gasteiger partial charge in [0.25, 0.3) is 0 Å². The standard InChI is InChI=1S/C18H23N5O3/c24-17(22-8-4-7-15(12-22)18-25-9-10-26-18)16(23-13-19-20-21-23)11-14-5-2-1-3-6-14/h1-3,5-6,13,15-16,18H,4,7-12H2. The Balaban J connectivity index is 1.50. The van der Waals surface area contributed by atoms with Crippen LogP contribution in [0.15, 0.2) is 36.7 Å². The molecule has 0 bridgehead atoms. The molecule has 2 aromatic rings. The summed E-state index contributed by atoms with van der Waals surface area (Å²) < 4.78 is 12.9. The average Bonchev–Trinajstić information content (AvgIpc) is 3.40. The third-order valence-corrected chi connectivity index (χ3v) is 5.04. The van der Waals surface area contributed by atoms with Crippen LogP contribution in [0.1, 0.15) is 24.4 Å². The highest BCUT2D eigenvalue weighted by molar-refractivity contribution is 5.80. The average molecular weight is 357 g/mol. The summed E-state index contributed by atoms with van der Waals surface area (Å²) in [6, 6.07) is 9.50. The Hall–Kier alpha value is -2.32. The molecule has 1 amide bonds. The van der Waals surface area contributed by atoms with Crippen molar-refractivity contribution in [2.75, 3.05) is 26.3 Å². The SMILES string of the molecule is O=C(C(Cc1ccccc1)n1cnnn1)N1CCCC(C2OCCO2)C1. The predicted octanol–water partition coefficient (Wildman–Crippen LogP) is 1.07. The smallest absolute Gasteiger partial charge is 0.247 e. The van der Waals surface area contributed by atoms with Gasteiger partial charge in [0.2, 0.25) is 5.91 Å². The molecule has 4 rings (SSSR count). The largest absolute Gasteiger partial charge is 0.350 e. The molecule has 8 nitrogen and oxygen atoms in total. The Morgan fingerprint density at radius 3 is 2.77 bits per heavy atom. The third-order valence-electron chi connectivity index (χ3n) is 5.04. The highest BCUT2D eigenvalue weighted by Crippen LogP contribution is 2.27. The number of carbonyl (C=O) groups excluding carboxylic acids is 1. The van der Waals surface area contributed by atoms with E-state index in [0.717, 1.165) is 24.9 Å². The molecule has 1 aromatic heterocycles. The van der Waals surface area contributed by atoms with Crippen LogP contribution >= 0.6 is 0 Å². The summed E-state index contributed by atoms with van der Waals surface area (Å²) >= 11 is 0. The molecule has 1 aromatic carbocycles. The zero-order valence-corrected chi connectivity index (χ0v) is 14.6. The normalized spacial score (nSPS) is 22.5. The molecule has 8 heteroatoms. The van der Waals surface area contributed by atoms with E-state index in [1.54, 1.807) is 4.68 Å². The maximum Gasteiger partial charge on any atom is 0.247 e. The lowest BCUT2D eigenvalue weighted by Crippen LogP contribution is -2.47. The number of carbonyl (C=O) groups is 1. The van der Waals surface area contributed by atoms with Gasteiger partial charge in [0.1, 0.15) is 12.4 Å². The first-order valence-electron chi connectivity index (χ1n) is 9.09. The number of benzene rings is 1. The van der Waals surface area contributed by atoms with Crippen molar-refractivity contribution < 1.29 is 14.3 Å². The maximum atomic E-state index is 13.3. The Morgan fingerprint density at radius 2 is 2.04 bits per heavy atom. The molecule has 2 saturated heterocycles. The number of amides is 1. The Kier molecular flexibility index (Phi) is 5.21. The van der Waals surface area contributed by atoms with E-state index >= 15 is 0 Å². The van der Waals surface area contributed by atoms with Gasteiger partial charge in [-0.15, -0.1) is 5.10 Å². The predicted molar refractivity (Wildman–Crippen MR) is 92.0 cm³/mol. The topological polar surface area (TPSA) is 82.4 Å². The summed E-state index contributed by atoms with van der Waals surface area (Å²) in [5.41, 5.74) is 1.08. The van der Waals surface area contributed by atoms with Crippen molar-refractivity contribution >= 4 is 5.91 Å². The fourth-order valence-corrected chi connectivity index (χ4v) is 3.73. The first-order chi connectivity index (χ1) is 12.8. The Bertz CT molecular complexity index is 703. The summed E-state index contributed by atoms with van der Waals surface area (Å²) in [5.74, 6) is 0.269. The molecule has 0 saturated carbocycles. The van der Waals surface area contributed by atoms with Crippen molar-refractivity contribution in [1.82, 2.24) is 25.1 Å². The molecule has 2 aliphatic heterocycles. The van der Waals surface area contributed by atoms with E-state index in [4.69, 9.17) is 9.47 Å². The second-order valence-electron chi connectivity index (χ2n) is 6.79. The van der Waals surface area contributed by atoms with Crippen LogP contribution in [0.3, 0.4) is 0 Å². The Labute approximate surface area is 152 Å². The fourth-order valence-electron chi connectivity index (χ4n) is 3.73. The number of hydrogen-bond acceptors (Lipinski definition) is 6. The van der Waals surface area contributed by atoms with Crippen LogP contribution in [0.5, 0.6) is 0 Å². The summed E-state index contributed by atoms with van der Waals surface area (Å²) in [5, 5.41) is 11.4. The van der Waals surface area contributed by atoms with Crippen LogP contribution in [0.2, 0.25) is 0 Å². The van der Waals surface area contributed by atoms with E-state index in [1.165, 1.54) is 6.33 Å². The zero-order chi connectivity index (χ0) is 17.8. The lowest BCUT2D eigenvalue weighted by Gasteiger charge is -2.36. The van der Waals surface area contributed by atoms with Gasteiger partial charge in [0.05, 0.1) is 13.2 Å². The van der Waals surface area contributed by atoms with E-state index in [9.17, 15) is 4.79 Å². The molecule has 26 heavy (non-hydrogen) atoms. The van der Waals surface area contributed by atoms with Gasteiger partial charge < -0.3 is 14.4 Å². The highest BCUT2D eigenvalue weighted by Gasteiger charge is 2.35. The number of hydrogen-bond donors (Lipinski definition) is 0. The van der Waals surface area contributed by atoms with Crippen molar-refractivity contribution in [2.24, 2.45) is 5.92 Å². The van der Waals surface area contributed by atoms with Crippen molar-refractivity contribution in [1.29, 1.82) is 0 Å². The van der Waals surface area contributed by atoms with Gasteiger partial charge >= 0.3 is 0 Å². The number of aromatic nitrogens is 4. The fraction of sp³-hybridized carbons (Fsp3) is 0.556. The molecule has 2 unspecified atom stereocenters. The lowest BCUT2D eigenvalue weighted by atomic mass is 9.96. The maximum absolute atomic E-state index is 13.3. The van der Waals surface area contributed by atoms with Gasteiger partial charge in [-0.3, -0.25) is 4.79 Å². The summed E-state index contributed by atoms with van der Waals surface area (Å²) in [6.45, 7) is 2.67. The second kappa shape index (κ2) is 7.92. The van der Waals surface area contributed by atoms with E-state index in [-0.39, 0.29) is 18.1 Å². The van der Waals surface area contributed by atoms with Crippen molar-refractivity contribution in [3.8, 4) is 0 Å². The summed E-state index contributed by atoms with van der Waals surface area (Å²) in [6.07, 6.45) is 3.85. The Morgan fingerprint density at radius 1 is 1.23 bits per heavy atom. The van der Waals surface area contributed by atoms with Crippen molar-refractivity contribution in [3.63, 3.8) is 0 Å². The molecule has 138 valence electrons. The molecule has 2 aliphatic rings. The van der Waals surface area contributed by atoms with Gasteiger partial charge in [0.15, 0.2) is 6.29 Å². The first kappa shape index (κ1) is 17.1. The van der Waals surface area contributed by atoms with E-state index < -0.39 is 6.04 Å². The molecule has 0 spiro atoms. The van der Waals surface area contributed by atoms with Gasteiger partial charge in [-0.1, -0.05) is 30.3 Å². The number of ether oxygens (including phenoxy) is 2. The molecule has 0 N–H and O–H groups in total. The van der Waals surface area contributed by atoms with Gasteiger partial charge in [-0.25, -0.2) is 4.68 Å². The molecule has 2 fully saturated rings. The minimum atomic E-state index is -0.448. The zero-order valence-electron chi connectivity index (χ0n) is 14.6. The van der Waals surface area contributed by atoms with Crippen LogP contribution in [0, 0.1) is 5.92 Å². The quantitative estimate of drug-likeness (QED) is 0.796. The summed E-state index contributed by atoms with van der Waals surface area (Å²) in [4.78, 5) is 15.2. The second-order valence-corrected chi connectivity index (χ2v) is 6.79. The molecular weight excluding hydrogens is 334 g/mol. The lowest BCUT2D eigenvalue weighted by molar-refractivity contribution is -0.143. The van der Waals surface area contributed by atoms with Crippen molar-refractivity contribution in [2.45, 2.75) is 31.6 Å². The number of nitrogens with zero attached hydrogens (tertiary/aromatic N) is 5. The van der Waals surface area contributed by atoms with Crippen molar-refractivity contribution in [3.05, 3.63) is 42.2 Å². The van der Waals surface area contributed by atoms with E-state index in [0.29, 0.717) is 26.2 Å². The van der Waals surface area contributed by atoms with E-state index in [2.05, 4.69) is 15.5 Å². The van der Waals surface area contributed by atoms with Crippen LogP contribution in [-0.4, -0.2) is 63.6 Å². The molecule has 3 heterocycles. The molecule has 0 radical (unpaired) electrons. The van der Waals surface area contributed by atoms with Gasteiger partial charge in [0, 0.05) is 25.4 Å². The minimum Gasteiger partial charge on any atom is -0.350 e. The molecular formula is C18H23N5O3. The number of piperidine rings is 1. The molecule has 0 aliphatic carbocycles. The molecule has 2 atom stereocenters. The summed E-state index contributed by atoms with van der Waals surface area (Å²) in [7, 11) is 0. The van der Waals surface area contributed by atoms with Gasteiger partial charge in [-0.05, 0) is 28.8 Å².